The van der Waals surface area contributed by atoms with Crippen LogP contribution in [-0.2, 0) is 0 Å². The quantitative estimate of drug-likeness (QED) is 0.165. The molecule has 0 spiro atoms. The predicted molar refractivity (Wildman–Crippen MR) is 148 cm³/mol. The molecule has 0 saturated heterocycles. The number of hydrogen-bond donors (Lipinski definition) is 1. The monoisotopic (exact) mass is 480 g/mol. The third-order valence-electron chi connectivity index (χ3n) is 5.64. The molecule has 6 heteroatoms. The number of rotatable bonds is 9. The largest absolute Gasteiger partial charge is 0.493 e. The molecule has 4 rings (SSSR count). The summed E-state index contributed by atoms with van der Waals surface area (Å²) in [6, 6.07) is 25.8. The molecule has 0 amide bonds. The summed E-state index contributed by atoms with van der Waals surface area (Å²) in [6.45, 7) is 7.06. The summed E-state index contributed by atoms with van der Waals surface area (Å²) in [5.41, 5.74) is 7.57. The van der Waals surface area contributed by atoms with Crippen LogP contribution in [0.25, 0.3) is 10.9 Å². The molecule has 184 valence electrons. The van der Waals surface area contributed by atoms with Gasteiger partial charge in [-0.3, -0.25) is 5.43 Å². The Morgan fingerprint density at radius 2 is 1.78 bits per heavy atom. The van der Waals surface area contributed by atoms with Crippen LogP contribution in [0.5, 0.6) is 11.5 Å². The fraction of sp³-hybridized carbons (Fsp3) is 0.233. The molecule has 0 radical (unpaired) electrons. The molecule has 3 aromatic carbocycles. The number of nitrogens with one attached hydrogen (secondary N) is 1. The number of hydrazone groups is 1. The molecule has 0 aliphatic heterocycles. The third kappa shape index (κ3) is 6.69. The normalized spacial score (nSPS) is 11.9. The number of aromatic nitrogens is 1. The molecule has 1 aromatic heterocycles. The number of aryl methyl sites for hydroxylation is 1. The van der Waals surface area contributed by atoms with Gasteiger partial charge in [0.15, 0.2) is 17.3 Å². The van der Waals surface area contributed by atoms with Crippen LogP contribution >= 0.6 is 0 Å². The Kier molecular flexibility index (Phi) is 8.29. The smallest absolute Gasteiger partial charge is 0.173 e. The zero-order valence-corrected chi connectivity index (χ0v) is 21.2. The zero-order valence-electron chi connectivity index (χ0n) is 21.2. The van der Waals surface area contributed by atoms with Gasteiger partial charge in [0.1, 0.15) is 5.69 Å². The van der Waals surface area contributed by atoms with Crippen molar-refractivity contribution in [3.63, 3.8) is 0 Å². The summed E-state index contributed by atoms with van der Waals surface area (Å²) in [6.07, 6.45) is 2.72. The van der Waals surface area contributed by atoms with Crippen LogP contribution in [0, 0.1) is 12.8 Å². The lowest BCUT2D eigenvalue weighted by atomic mass is 10.1. The van der Waals surface area contributed by atoms with Gasteiger partial charge in [0.05, 0.1) is 31.1 Å². The van der Waals surface area contributed by atoms with Crippen LogP contribution < -0.4 is 14.9 Å². The lowest BCUT2D eigenvalue weighted by Crippen LogP contribution is -2.20. The summed E-state index contributed by atoms with van der Waals surface area (Å²) in [5.74, 6) is 2.54. The van der Waals surface area contributed by atoms with Gasteiger partial charge in [-0.2, -0.15) is 5.10 Å². The van der Waals surface area contributed by atoms with Gasteiger partial charge in [-0.15, -0.1) is 0 Å². The minimum Gasteiger partial charge on any atom is -0.493 e. The van der Waals surface area contributed by atoms with Gasteiger partial charge in [-0.05, 0) is 67.3 Å². The van der Waals surface area contributed by atoms with Crippen LogP contribution in [0.1, 0.15) is 37.1 Å². The average Bonchev–Trinajstić information content (AvgIpc) is 2.89. The van der Waals surface area contributed by atoms with Crippen LogP contribution in [0.4, 0.5) is 5.69 Å². The fourth-order valence-corrected chi connectivity index (χ4v) is 3.54. The highest BCUT2D eigenvalue weighted by molar-refractivity contribution is 6.00. The molecule has 1 N–H and O–H groups in total. The number of fused-ring (bicyclic) bond motifs is 1. The highest BCUT2D eigenvalue weighted by Crippen LogP contribution is 2.28. The molecule has 0 atom stereocenters. The lowest BCUT2D eigenvalue weighted by Gasteiger charge is -2.12. The number of ether oxygens (including phenoxy) is 2. The van der Waals surface area contributed by atoms with E-state index in [0.717, 1.165) is 34.3 Å². The minimum absolute atomic E-state index is 0.557. The summed E-state index contributed by atoms with van der Waals surface area (Å²) in [5, 5.41) is 5.53. The van der Waals surface area contributed by atoms with Crippen molar-refractivity contribution in [3.8, 4) is 11.5 Å². The van der Waals surface area contributed by atoms with Crippen LogP contribution in [0.2, 0.25) is 0 Å². The molecule has 0 bridgehead atoms. The van der Waals surface area contributed by atoms with E-state index in [2.05, 4.69) is 31.3 Å². The topological polar surface area (TPSA) is 68.1 Å². The first-order valence-electron chi connectivity index (χ1n) is 12.1. The summed E-state index contributed by atoms with van der Waals surface area (Å²) < 4.78 is 11.4. The number of pyridine rings is 1. The van der Waals surface area contributed by atoms with Gasteiger partial charge in [0.2, 0.25) is 0 Å². The van der Waals surface area contributed by atoms with Crippen LogP contribution in [0.3, 0.4) is 0 Å². The van der Waals surface area contributed by atoms with E-state index in [1.807, 2.05) is 78.9 Å². The third-order valence-corrected chi connectivity index (χ3v) is 5.64. The Morgan fingerprint density at radius 1 is 0.972 bits per heavy atom. The fourth-order valence-electron chi connectivity index (χ4n) is 3.54. The Bertz CT molecular complexity index is 1360. The van der Waals surface area contributed by atoms with E-state index in [4.69, 9.17) is 19.5 Å². The molecule has 4 aromatic rings. The standard InChI is InChI=1S/C30H32N4O2/c1-21(2)17-18-36-28-16-11-23(19-29(28)35-4)20-31-34-30(32-25-13-9-22(3)10-14-25)27-15-12-24-7-5-6-8-26(24)33-27/h5-16,19-21H,17-18H2,1-4H3,(H,32,34)/b31-20+. The first-order valence-corrected chi connectivity index (χ1v) is 12.1. The SMILES string of the molecule is COc1cc(/C=N/NC(=Nc2ccc(C)cc2)c2ccc3ccccc3n2)ccc1OCCC(C)C. The van der Waals surface area contributed by atoms with E-state index in [9.17, 15) is 0 Å². The van der Waals surface area contributed by atoms with E-state index < -0.39 is 0 Å². The molecule has 0 unspecified atom stereocenters. The number of para-hydroxylation sites is 1. The van der Waals surface area contributed by atoms with E-state index in [-0.39, 0.29) is 0 Å². The Balaban J connectivity index is 1.57. The first-order chi connectivity index (χ1) is 17.5. The summed E-state index contributed by atoms with van der Waals surface area (Å²) in [7, 11) is 1.64. The molecular formula is C30H32N4O2. The zero-order chi connectivity index (χ0) is 25.3. The maximum Gasteiger partial charge on any atom is 0.173 e. The van der Waals surface area contributed by atoms with E-state index in [0.29, 0.717) is 29.8 Å². The Labute approximate surface area is 212 Å². The van der Waals surface area contributed by atoms with Crippen molar-refractivity contribution in [3.05, 3.63) is 95.7 Å². The maximum absolute atomic E-state index is 5.89. The second-order valence-corrected chi connectivity index (χ2v) is 9.00. The van der Waals surface area contributed by atoms with Crippen molar-refractivity contribution in [2.24, 2.45) is 16.0 Å². The highest BCUT2D eigenvalue weighted by atomic mass is 16.5. The predicted octanol–water partition coefficient (Wildman–Crippen LogP) is 6.68. The average molecular weight is 481 g/mol. The van der Waals surface area contributed by atoms with Gasteiger partial charge in [-0.1, -0.05) is 55.8 Å². The van der Waals surface area contributed by atoms with Gasteiger partial charge in [0, 0.05) is 5.39 Å². The molecule has 36 heavy (non-hydrogen) atoms. The molecule has 1 heterocycles. The molecule has 0 saturated carbocycles. The maximum atomic E-state index is 5.89. The van der Waals surface area contributed by atoms with Crippen molar-refractivity contribution in [2.75, 3.05) is 13.7 Å². The van der Waals surface area contributed by atoms with Crippen LogP contribution in [0.15, 0.2) is 89.0 Å². The molecule has 0 aliphatic carbocycles. The van der Waals surface area contributed by atoms with Gasteiger partial charge in [-0.25, -0.2) is 9.98 Å². The molecule has 0 aliphatic rings. The minimum atomic E-state index is 0.557. The van der Waals surface area contributed by atoms with Gasteiger partial charge in [0.25, 0.3) is 0 Å². The van der Waals surface area contributed by atoms with E-state index >= 15 is 0 Å². The van der Waals surface area contributed by atoms with Crippen molar-refractivity contribution in [1.29, 1.82) is 0 Å². The van der Waals surface area contributed by atoms with Crippen molar-refractivity contribution in [2.45, 2.75) is 27.2 Å². The Hall–Kier alpha value is -4.19. The molecular weight excluding hydrogens is 448 g/mol. The lowest BCUT2D eigenvalue weighted by molar-refractivity contribution is 0.273. The number of nitrogens with zero attached hydrogens (tertiary/aromatic N) is 3. The first kappa shape index (κ1) is 24.9. The Morgan fingerprint density at radius 3 is 2.56 bits per heavy atom. The number of aliphatic imine (C=N–C) groups is 1. The number of benzene rings is 3. The molecule has 0 fully saturated rings. The van der Waals surface area contributed by atoms with Crippen molar-refractivity contribution in [1.82, 2.24) is 10.4 Å². The second kappa shape index (κ2) is 12.0. The number of hydrogen-bond acceptors (Lipinski definition) is 5. The van der Waals surface area contributed by atoms with Crippen molar-refractivity contribution >= 4 is 28.6 Å². The highest BCUT2D eigenvalue weighted by Gasteiger charge is 2.08. The van der Waals surface area contributed by atoms with E-state index in [1.165, 1.54) is 5.56 Å². The van der Waals surface area contributed by atoms with Gasteiger partial charge >= 0.3 is 0 Å². The van der Waals surface area contributed by atoms with E-state index in [1.54, 1.807) is 13.3 Å². The number of methoxy groups -OCH3 is 1. The summed E-state index contributed by atoms with van der Waals surface area (Å²) in [4.78, 5) is 9.58. The second-order valence-electron chi connectivity index (χ2n) is 9.00. The summed E-state index contributed by atoms with van der Waals surface area (Å²) >= 11 is 0. The van der Waals surface area contributed by atoms with Crippen molar-refractivity contribution < 1.29 is 9.47 Å². The van der Waals surface area contributed by atoms with Crippen LogP contribution in [-0.4, -0.2) is 30.8 Å². The number of amidine groups is 1. The molecule has 6 nitrogen and oxygen atoms in total. The van der Waals surface area contributed by atoms with Gasteiger partial charge < -0.3 is 9.47 Å².